The molecular weight excluding hydrogens is 292 g/mol. The smallest absolute Gasteiger partial charge is 0.410 e. The molecule has 0 spiro atoms. The number of hydrogen-bond donors (Lipinski definition) is 2. The highest BCUT2D eigenvalue weighted by molar-refractivity contribution is 5.79. The standard InChI is InChI=1S/C17H34N4O2/c1-13(2)20-15(18-6)19-10-9-14-8-7-11-21(12-14)16(22)23-17(3,4)5/h13-14H,7-12H2,1-6H3,(H2,18,19,20). The molecule has 1 aliphatic heterocycles. The molecule has 0 aromatic rings. The normalized spacial score (nSPS) is 19.7. The van der Waals surface area contributed by atoms with Crippen molar-refractivity contribution in [2.75, 3.05) is 26.7 Å². The first-order valence-corrected chi connectivity index (χ1v) is 8.66. The molecule has 2 N–H and O–H groups in total. The molecule has 6 heteroatoms. The number of rotatable bonds is 4. The fourth-order valence-electron chi connectivity index (χ4n) is 2.66. The minimum Gasteiger partial charge on any atom is -0.444 e. The molecule has 0 bridgehead atoms. The predicted octanol–water partition coefficient (Wildman–Crippen LogP) is 2.60. The quantitative estimate of drug-likeness (QED) is 0.615. The van der Waals surface area contributed by atoms with E-state index in [1.54, 1.807) is 7.05 Å². The van der Waals surface area contributed by atoms with E-state index in [-0.39, 0.29) is 6.09 Å². The van der Waals surface area contributed by atoms with Gasteiger partial charge in [-0.25, -0.2) is 4.79 Å². The Balaban J connectivity index is 2.37. The van der Waals surface area contributed by atoms with Crippen molar-refractivity contribution in [3.8, 4) is 0 Å². The second-order valence-corrected chi connectivity index (χ2v) is 7.52. The molecule has 1 atom stereocenters. The van der Waals surface area contributed by atoms with E-state index in [9.17, 15) is 4.79 Å². The lowest BCUT2D eigenvalue weighted by molar-refractivity contribution is 0.0162. The second kappa shape index (κ2) is 8.99. The fraction of sp³-hybridized carbons (Fsp3) is 0.882. The zero-order valence-corrected chi connectivity index (χ0v) is 15.6. The highest BCUT2D eigenvalue weighted by atomic mass is 16.6. The lowest BCUT2D eigenvalue weighted by Gasteiger charge is -2.34. The van der Waals surface area contributed by atoms with Gasteiger partial charge in [-0.05, 0) is 59.8 Å². The molecule has 0 radical (unpaired) electrons. The minimum atomic E-state index is -0.430. The van der Waals surface area contributed by atoms with Crippen molar-refractivity contribution in [2.45, 2.75) is 65.5 Å². The van der Waals surface area contributed by atoms with Crippen molar-refractivity contribution in [1.82, 2.24) is 15.5 Å². The third-order valence-electron chi connectivity index (χ3n) is 3.66. The van der Waals surface area contributed by atoms with Gasteiger partial charge in [-0.15, -0.1) is 0 Å². The van der Waals surface area contributed by atoms with Gasteiger partial charge in [-0.1, -0.05) is 0 Å². The van der Waals surface area contributed by atoms with E-state index in [0.717, 1.165) is 44.9 Å². The molecule has 23 heavy (non-hydrogen) atoms. The lowest BCUT2D eigenvalue weighted by Crippen LogP contribution is -2.44. The van der Waals surface area contributed by atoms with Crippen LogP contribution in [0.3, 0.4) is 0 Å². The van der Waals surface area contributed by atoms with Crippen LogP contribution >= 0.6 is 0 Å². The maximum atomic E-state index is 12.2. The van der Waals surface area contributed by atoms with Gasteiger partial charge in [0.1, 0.15) is 5.60 Å². The van der Waals surface area contributed by atoms with Gasteiger partial charge < -0.3 is 20.3 Å². The van der Waals surface area contributed by atoms with E-state index in [4.69, 9.17) is 4.74 Å². The molecule has 0 aliphatic carbocycles. The van der Waals surface area contributed by atoms with Gasteiger partial charge in [0.25, 0.3) is 0 Å². The number of likely N-dealkylation sites (tertiary alicyclic amines) is 1. The summed E-state index contributed by atoms with van der Waals surface area (Å²) in [5.41, 5.74) is -0.430. The van der Waals surface area contributed by atoms with Crippen molar-refractivity contribution < 1.29 is 9.53 Å². The van der Waals surface area contributed by atoms with Crippen molar-refractivity contribution in [3.63, 3.8) is 0 Å². The van der Waals surface area contributed by atoms with E-state index in [1.807, 2.05) is 25.7 Å². The number of nitrogens with one attached hydrogen (secondary N) is 2. The Labute approximate surface area is 141 Å². The highest BCUT2D eigenvalue weighted by Gasteiger charge is 2.27. The van der Waals surface area contributed by atoms with E-state index < -0.39 is 5.60 Å². The number of guanidine groups is 1. The first kappa shape index (κ1) is 19.6. The fourth-order valence-corrected chi connectivity index (χ4v) is 2.66. The number of aliphatic imine (C=N–C) groups is 1. The summed E-state index contributed by atoms with van der Waals surface area (Å²) in [6, 6.07) is 0.360. The average Bonchev–Trinajstić information content (AvgIpc) is 2.44. The van der Waals surface area contributed by atoms with Crippen LogP contribution in [0.1, 0.15) is 53.9 Å². The van der Waals surface area contributed by atoms with Crippen LogP contribution in [0.5, 0.6) is 0 Å². The van der Waals surface area contributed by atoms with Gasteiger partial charge in [0.2, 0.25) is 0 Å². The number of amides is 1. The van der Waals surface area contributed by atoms with Gasteiger partial charge >= 0.3 is 6.09 Å². The topological polar surface area (TPSA) is 66.0 Å². The maximum Gasteiger partial charge on any atom is 0.410 e. The van der Waals surface area contributed by atoms with Gasteiger partial charge in [-0.3, -0.25) is 4.99 Å². The number of ether oxygens (including phenoxy) is 1. The summed E-state index contributed by atoms with van der Waals surface area (Å²) in [6.45, 7) is 12.3. The lowest BCUT2D eigenvalue weighted by atomic mass is 9.95. The molecule has 6 nitrogen and oxygen atoms in total. The molecule has 134 valence electrons. The van der Waals surface area contributed by atoms with Crippen LogP contribution < -0.4 is 10.6 Å². The zero-order valence-electron chi connectivity index (χ0n) is 15.6. The molecule has 1 rings (SSSR count). The number of nitrogens with zero attached hydrogens (tertiary/aromatic N) is 2. The second-order valence-electron chi connectivity index (χ2n) is 7.52. The predicted molar refractivity (Wildman–Crippen MR) is 94.8 cm³/mol. The molecule has 1 saturated heterocycles. The van der Waals surface area contributed by atoms with Crippen molar-refractivity contribution in [3.05, 3.63) is 0 Å². The zero-order chi connectivity index (χ0) is 17.5. The van der Waals surface area contributed by atoms with E-state index in [2.05, 4.69) is 29.5 Å². The molecule has 1 aliphatic rings. The summed E-state index contributed by atoms with van der Waals surface area (Å²) in [5, 5.41) is 6.61. The molecular formula is C17H34N4O2. The number of carbonyl (C=O) groups is 1. The Morgan fingerprint density at radius 2 is 2.09 bits per heavy atom. The van der Waals surface area contributed by atoms with Crippen molar-refractivity contribution >= 4 is 12.1 Å². The average molecular weight is 326 g/mol. The summed E-state index contributed by atoms with van der Waals surface area (Å²) in [4.78, 5) is 18.2. The first-order valence-electron chi connectivity index (χ1n) is 8.66. The van der Waals surface area contributed by atoms with Gasteiger partial charge in [0.05, 0.1) is 0 Å². The molecule has 1 fully saturated rings. The Morgan fingerprint density at radius 3 is 2.65 bits per heavy atom. The Kier molecular flexibility index (Phi) is 7.65. The largest absolute Gasteiger partial charge is 0.444 e. The van der Waals surface area contributed by atoms with Crippen LogP contribution in [0.15, 0.2) is 4.99 Å². The molecule has 1 amide bonds. The summed E-state index contributed by atoms with van der Waals surface area (Å²) < 4.78 is 5.47. The highest BCUT2D eigenvalue weighted by Crippen LogP contribution is 2.21. The van der Waals surface area contributed by atoms with Crippen LogP contribution in [0.4, 0.5) is 4.79 Å². The third kappa shape index (κ3) is 8.09. The van der Waals surface area contributed by atoms with E-state index >= 15 is 0 Å². The van der Waals surface area contributed by atoms with Crippen molar-refractivity contribution in [2.24, 2.45) is 10.9 Å². The Hall–Kier alpha value is -1.46. The molecule has 1 heterocycles. The number of hydrogen-bond acceptors (Lipinski definition) is 3. The van der Waals surface area contributed by atoms with Gasteiger partial charge in [-0.2, -0.15) is 0 Å². The molecule has 0 aromatic carbocycles. The molecule has 0 aromatic heterocycles. The summed E-state index contributed by atoms with van der Waals surface area (Å²) in [5.74, 6) is 1.35. The maximum absolute atomic E-state index is 12.2. The summed E-state index contributed by atoms with van der Waals surface area (Å²) >= 11 is 0. The number of carbonyl (C=O) groups excluding carboxylic acids is 1. The van der Waals surface area contributed by atoms with Crippen LogP contribution in [0.2, 0.25) is 0 Å². The summed E-state index contributed by atoms with van der Waals surface area (Å²) in [6.07, 6.45) is 3.05. The van der Waals surface area contributed by atoms with Crippen LogP contribution in [-0.4, -0.2) is 55.3 Å². The molecule has 1 unspecified atom stereocenters. The molecule has 0 saturated carbocycles. The summed E-state index contributed by atoms with van der Waals surface area (Å²) in [7, 11) is 1.78. The van der Waals surface area contributed by atoms with Crippen molar-refractivity contribution in [1.29, 1.82) is 0 Å². The SMILES string of the molecule is CN=C(NCCC1CCCN(C(=O)OC(C)(C)C)C1)NC(C)C. The number of piperidine rings is 1. The van der Waals surface area contributed by atoms with E-state index in [1.165, 1.54) is 0 Å². The van der Waals surface area contributed by atoms with Gasteiger partial charge in [0, 0.05) is 32.7 Å². The monoisotopic (exact) mass is 326 g/mol. The van der Waals surface area contributed by atoms with Crippen LogP contribution in [-0.2, 0) is 4.74 Å². The Bertz CT molecular complexity index is 402. The van der Waals surface area contributed by atoms with E-state index in [0.29, 0.717) is 12.0 Å². The minimum absolute atomic E-state index is 0.188. The van der Waals surface area contributed by atoms with Gasteiger partial charge in [0.15, 0.2) is 5.96 Å². The Morgan fingerprint density at radius 1 is 1.39 bits per heavy atom. The van der Waals surface area contributed by atoms with Crippen LogP contribution in [0.25, 0.3) is 0 Å². The van der Waals surface area contributed by atoms with Crippen LogP contribution in [0, 0.1) is 5.92 Å². The third-order valence-corrected chi connectivity index (χ3v) is 3.66. The first-order chi connectivity index (χ1) is 10.7.